The van der Waals surface area contributed by atoms with Crippen molar-refractivity contribution in [2.24, 2.45) is 0 Å². The summed E-state index contributed by atoms with van der Waals surface area (Å²) in [6.07, 6.45) is 0.754. The summed E-state index contributed by atoms with van der Waals surface area (Å²) < 4.78 is 36.3. The lowest BCUT2D eigenvalue weighted by molar-refractivity contribution is 0.0320. The van der Waals surface area contributed by atoms with E-state index < -0.39 is 10.0 Å². The lowest BCUT2D eigenvalue weighted by Gasteiger charge is -2.15. The van der Waals surface area contributed by atoms with E-state index in [0.29, 0.717) is 0 Å². The van der Waals surface area contributed by atoms with Gasteiger partial charge >= 0.3 is 0 Å². The van der Waals surface area contributed by atoms with Crippen LogP contribution in [0.2, 0.25) is 10.2 Å². The van der Waals surface area contributed by atoms with Crippen LogP contribution in [0.3, 0.4) is 0 Å². The van der Waals surface area contributed by atoms with Crippen molar-refractivity contribution >= 4 is 33.2 Å². The van der Waals surface area contributed by atoms with Crippen LogP contribution in [0, 0.1) is 0 Å². The average molecular weight is 329 g/mol. The Morgan fingerprint density at radius 3 is 2.63 bits per heavy atom. The Labute approximate surface area is 122 Å². The summed E-state index contributed by atoms with van der Waals surface area (Å²) >= 11 is 11.4. The van der Waals surface area contributed by atoms with Crippen LogP contribution >= 0.6 is 23.2 Å². The molecule has 0 radical (unpaired) electrons. The maximum Gasteiger partial charge on any atom is 0.242 e. The SMILES string of the molecule is COCC(CNS(=O)(=O)c1cnc(Cl)c(Cl)c1)OC. The number of nitrogens with zero attached hydrogens (tertiary/aromatic N) is 1. The molecule has 1 rings (SSSR count). The molecule has 1 heterocycles. The third kappa shape index (κ3) is 4.87. The number of nitrogens with one attached hydrogen (secondary N) is 1. The summed E-state index contributed by atoms with van der Waals surface area (Å²) in [7, 11) is -0.740. The van der Waals surface area contributed by atoms with Gasteiger partial charge in [-0.15, -0.1) is 0 Å². The molecular formula is C10H14Cl2N2O4S. The minimum atomic E-state index is -3.71. The molecule has 0 spiro atoms. The maximum absolute atomic E-state index is 12.0. The van der Waals surface area contributed by atoms with Crippen LogP contribution in [0.15, 0.2) is 17.2 Å². The van der Waals surface area contributed by atoms with Crippen LogP contribution in [-0.2, 0) is 19.5 Å². The number of methoxy groups -OCH3 is 2. The first-order valence-corrected chi connectivity index (χ1v) is 7.47. The molecule has 0 aromatic carbocycles. The van der Waals surface area contributed by atoms with Gasteiger partial charge in [0.1, 0.15) is 10.0 Å². The van der Waals surface area contributed by atoms with Crippen molar-refractivity contribution in [1.29, 1.82) is 0 Å². The van der Waals surface area contributed by atoms with Gasteiger partial charge in [0.05, 0.1) is 17.7 Å². The third-order valence-electron chi connectivity index (χ3n) is 2.27. The Hall–Kier alpha value is -0.440. The first-order valence-electron chi connectivity index (χ1n) is 5.23. The van der Waals surface area contributed by atoms with Crippen molar-refractivity contribution < 1.29 is 17.9 Å². The molecule has 0 aliphatic rings. The van der Waals surface area contributed by atoms with Gasteiger partial charge in [-0.2, -0.15) is 0 Å². The number of sulfonamides is 1. The third-order valence-corrected chi connectivity index (χ3v) is 4.35. The zero-order valence-corrected chi connectivity index (χ0v) is 12.7. The molecule has 0 saturated carbocycles. The molecular weight excluding hydrogens is 315 g/mol. The molecule has 6 nitrogen and oxygen atoms in total. The van der Waals surface area contributed by atoms with Crippen molar-refractivity contribution in [1.82, 2.24) is 9.71 Å². The van der Waals surface area contributed by atoms with Crippen LogP contribution in [-0.4, -0.2) is 46.9 Å². The highest BCUT2D eigenvalue weighted by atomic mass is 35.5. The zero-order valence-electron chi connectivity index (χ0n) is 10.4. The second-order valence-electron chi connectivity index (χ2n) is 3.61. The fourth-order valence-electron chi connectivity index (χ4n) is 1.23. The molecule has 9 heteroatoms. The Morgan fingerprint density at radius 1 is 1.42 bits per heavy atom. The highest BCUT2D eigenvalue weighted by Crippen LogP contribution is 2.21. The molecule has 0 aliphatic heterocycles. The maximum atomic E-state index is 12.0. The standard InChI is InChI=1S/C10H14Cl2N2O4S/c1-17-6-7(18-2)4-14-19(15,16)8-3-9(11)10(12)13-5-8/h3,5,7,14H,4,6H2,1-2H3. The van der Waals surface area contributed by atoms with E-state index in [1.54, 1.807) is 0 Å². The van der Waals surface area contributed by atoms with Crippen LogP contribution in [0.4, 0.5) is 0 Å². The van der Waals surface area contributed by atoms with Gasteiger partial charge in [0, 0.05) is 27.0 Å². The molecule has 0 saturated heterocycles. The minimum Gasteiger partial charge on any atom is -0.382 e. The van der Waals surface area contributed by atoms with Gasteiger partial charge in [-0.05, 0) is 6.07 Å². The van der Waals surface area contributed by atoms with E-state index in [9.17, 15) is 8.42 Å². The Balaban J connectivity index is 2.78. The zero-order chi connectivity index (χ0) is 14.5. The van der Waals surface area contributed by atoms with E-state index in [1.165, 1.54) is 20.3 Å². The number of ether oxygens (including phenoxy) is 2. The van der Waals surface area contributed by atoms with Crippen molar-refractivity contribution in [3.63, 3.8) is 0 Å². The summed E-state index contributed by atoms with van der Waals surface area (Å²) in [5, 5.41) is 0.125. The van der Waals surface area contributed by atoms with Gasteiger partial charge in [-0.3, -0.25) is 0 Å². The number of hydrogen-bond acceptors (Lipinski definition) is 5. The normalized spacial score (nSPS) is 13.5. The van der Waals surface area contributed by atoms with Gasteiger partial charge in [-0.1, -0.05) is 23.2 Å². The van der Waals surface area contributed by atoms with E-state index in [-0.39, 0.29) is 34.3 Å². The Kier molecular flexibility index (Phi) is 6.45. The molecule has 0 amide bonds. The number of hydrogen-bond donors (Lipinski definition) is 1. The predicted molar refractivity (Wildman–Crippen MR) is 72.1 cm³/mol. The summed E-state index contributed by atoms with van der Waals surface area (Å²) in [5.41, 5.74) is 0. The molecule has 19 heavy (non-hydrogen) atoms. The van der Waals surface area contributed by atoms with Gasteiger partial charge in [0.15, 0.2) is 0 Å². The van der Waals surface area contributed by atoms with Crippen molar-refractivity contribution in [3.8, 4) is 0 Å². The van der Waals surface area contributed by atoms with E-state index in [2.05, 4.69) is 9.71 Å². The molecule has 1 unspecified atom stereocenters. The fourth-order valence-corrected chi connectivity index (χ4v) is 2.60. The molecule has 0 fully saturated rings. The Bertz CT molecular complexity index is 524. The lowest BCUT2D eigenvalue weighted by Crippen LogP contribution is -2.35. The molecule has 1 aromatic rings. The van der Waals surface area contributed by atoms with Crippen LogP contribution in [0.1, 0.15) is 0 Å². The summed E-state index contributed by atoms with van der Waals surface area (Å²) in [6, 6.07) is 1.23. The number of halogens is 2. The first-order chi connectivity index (χ1) is 8.90. The van der Waals surface area contributed by atoms with Gasteiger partial charge in [0.25, 0.3) is 0 Å². The number of rotatable bonds is 7. The van der Waals surface area contributed by atoms with Crippen LogP contribution in [0.5, 0.6) is 0 Å². The molecule has 0 bridgehead atoms. The summed E-state index contributed by atoms with van der Waals surface area (Å²) in [6.45, 7) is 0.353. The summed E-state index contributed by atoms with van der Waals surface area (Å²) in [4.78, 5) is 3.63. The van der Waals surface area contributed by atoms with Crippen molar-refractivity contribution in [3.05, 3.63) is 22.4 Å². The van der Waals surface area contributed by atoms with Crippen LogP contribution in [0.25, 0.3) is 0 Å². The minimum absolute atomic E-state index is 0.0507. The quantitative estimate of drug-likeness (QED) is 0.764. The van der Waals surface area contributed by atoms with Gasteiger partial charge in [-0.25, -0.2) is 18.1 Å². The largest absolute Gasteiger partial charge is 0.382 e. The van der Waals surface area contributed by atoms with E-state index in [4.69, 9.17) is 32.7 Å². The number of aromatic nitrogens is 1. The average Bonchev–Trinajstić information content (AvgIpc) is 2.37. The van der Waals surface area contributed by atoms with Gasteiger partial charge < -0.3 is 9.47 Å². The second kappa shape index (κ2) is 7.37. The Morgan fingerprint density at radius 2 is 2.11 bits per heavy atom. The van der Waals surface area contributed by atoms with E-state index in [0.717, 1.165) is 6.20 Å². The van der Waals surface area contributed by atoms with Gasteiger partial charge in [0.2, 0.25) is 10.0 Å². The fraction of sp³-hybridized carbons (Fsp3) is 0.500. The molecule has 108 valence electrons. The lowest BCUT2D eigenvalue weighted by atomic mass is 10.4. The monoisotopic (exact) mass is 328 g/mol. The highest BCUT2D eigenvalue weighted by Gasteiger charge is 2.18. The first kappa shape index (κ1) is 16.6. The van der Waals surface area contributed by atoms with Crippen molar-refractivity contribution in [2.45, 2.75) is 11.0 Å². The summed E-state index contributed by atoms with van der Waals surface area (Å²) in [5.74, 6) is 0. The predicted octanol–water partition coefficient (Wildman–Crippen LogP) is 1.33. The van der Waals surface area contributed by atoms with E-state index >= 15 is 0 Å². The molecule has 1 N–H and O–H groups in total. The highest BCUT2D eigenvalue weighted by molar-refractivity contribution is 7.89. The van der Waals surface area contributed by atoms with Crippen molar-refractivity contribution in [2.75, 3.05) is 27.4 Å². The molecule has 0 aliphatic carbocycles. The number of pyridine rings is 1. The smallest absolute Gasteiger partial charge is 0.242 e. The topological polar surface area (TPSA) is 77.5 Å². The van der Waals surface area contributed by atoms with Crippen LogP contribution < -0.4 is 4.72 Å². The van der Waals surface area contributed by atoms with E-state index in [1.807, 2.05) is 0 Å². The molecule has 1 atom stereocenters. The molecule has 1 aromatic heterocycles. The second-order valence-corrected chi connectivity index (χ2v) is 6.14.